The molecule has 1 N–H and O–H groups in total. The molecule has 19 heavy (non-hydrogen) atoms. The number of aromatic amines is 1. The molecule has 0 amide bonds. The van der Waals surface area contributed by atoms with Gasteiger partial charge in [-0.25, -0.2) is 0 Å². The van der Waals surface area contributed by atoms with E-state index < -0.39 is 16.0 Å². The molecular weight excluding hydrogens is 248 g/mol. The van der Waals surface area contributed by atoms with Crippen LogP contribution in [0.3, 0.4) is 0 Å². The maximum atomic E-state index is 11.8. The lowest BCUT2D eigenvalue weighted by atomic mass is 10.2. The number of aromatic nitrogens is 1. The van der Waals surface area contributed by atoms with Gasteiger partial charge < -0.3 is 9.72 Å². The van der Waals surface area contributed by atoms with E-state index in [1.165, 1.54) is 0 Å². The molecule has 0 aliphatic heterocycles. The van der Waals surface area contributed by atoms with Crippen molar-refractivity contribution >= 4 is 16.6 Å². The van der Waals surface area contributed by atoms with Gasteiger partial charge in [0.1, 0.15) is 5.75 Å². The van der Waals surface area contributed by atoms with E-state index >= 15 is 0 Å². The van der Waals surface area contributed by atoms with Crippen LogP contribution in [0.5, 0.6) is 5.75 Å². The Balaban J connectivity index is 2.38. The number of unbranched alkanes of at least 4 members (excludes halogenated alkanes) is 1. The van der Waals surface area contributed by atoms with Crippen molar-refractivity contribution in [2.24, 2.45) is 0 Å². The Morgan fingerprint density at radius 2 is 2.21 bits per heavy atom. The number of nitrogens with one attached hydrogen (secondary N) is 1. The lowest BCUT2D eigenvalue weighted by Crippen LogP contribution is -2.09. The summed E-state index contributed by atoms with van der Waals surface area (Å²) in [5, 5.41) is 11.0. The molecule has 0 saturated carbocycles. The Morgan fingerprint density at radius 3 is 2.89 bits per heavy atom. The van der Waals surface area contributed by atoms with Crippen LogP contribution in [0, 0.1) is 10.1 Å². The van der Waals surface area contributed by atoms with E-state index in [4.69, 9.17) is 4.74 Å². The van der Waals surface area contributed by atoms with Crippen LogP contribution in [0.1, 0.15) is 19.8 Å². The number of fused-ring (bicyclic) bond motifs is 1. The van der Waals surface area contributed by atoms with Gasteiger partial charge in [0.2, 0.25) is 0 Å². The highest BCUT2D eigenvalue weighted by Crippen LogP contribution is 2.19. The Labute approximate surface area is 109 Å². The first-order valence-electron chi connectivity index (χ1n) is 6.06. The number of pyridine rings is 1. The van der Waals surface area contributed by atoms with Crippen LogP contribution < -0.4 is 10.2 Å². The highest BCUT2D eigenvalue weighted by Gasteiger charge is 2.14. The van der Waals surface area contributed by atoms with E-state index in [0.717, 1.165) is 19.0 Å². The zero-order valence-electron chi connectivity index (χ0n) is 10.5. The minimum atomic E-state index is -0.691. The number of nitro groups is 1. The van der Waals surface area contributed by atoms with Crippen LogP contribution in [-0.2, 0) is 0 Å². The largest absolute Gasteiger partial charge is 0.494 e. The molecule has 100 valence electrons. The zero-order chi connectivity index (χ0) is 13.8. The lowest BCUT2D eigenvalue weighted by Gasteiger charge is -2.06. The summed E-state index contributed by atoms with van der Waals surface area (Å²) >= 11 is 0. The number of rotatable bonds is 5. The summed E-state index contributed by atoms with van der Waals surface area (Å²) in [6.07, 6.45) is 3.10. The summed E-state index contributed by atoms with van der Waals surface area (Å²) in [6.45, 7) is 2.68. The van der Waals surface area contributed by atoms with Gasteiger partial charge in [0.15, 0.2) is 0 Å². The van der Waals surface area contributed by atoms with Gasteiger partial charge in [0.25, 0.3) is 5.43 Å². The van der Waals surface area contributed by atoms with Gasteiger partial charge in [-0.2, -0.15) is 0 Å². The van der Waals surface area contributed by atoms with E-state index in [9.17, 15) is 14.9 Å². The van der Waals surface area contributed by atoms with Crippen molar-refractivity contribution in [1.29, 1.82) is 0 Å². The fourth-order valence-corrected chi connectivity index (χ4v) is 1.75. The van der Waals surface area contributed by atoms with E-state index in [2.05, 4.69) is 11.9 Å². The highest BCUT2D eigenvalue weighted by atomic mass is 16.6. The Morgan fingerprint density at radius 1 is 1.42 bits per heavy atom. The number of benzene rings is 1. The first kappa shape index (κ1) is 13.1. The Kier molecular flexibility index (Phi) is 3.79. The second-order valence-electron chi connectivity index (χ2n) is 4.17. The summed E-state index contributed by atoms with van der Waals surface area (Å²) in [5.74, 6) is 0.644. The van der Waals surface area contributed by atoms with Crippen molar-refractivity contribution in [3.05, 3.63) is 44.7 Å². The van der Waals surface area contributed by atoms with Crippen LogP contribution in [0.15, 0.2) is 29.2 Å². The van der Waals surface area contributed by atoms with Crippen LogP contribution >= 0.6 is 0 Å². The summed E-state index contributed by atoms with van der Waals surface area (Å²) in [7, 11) is 0. The van der Waals surface area contributed by atoms with Gasteiger partial charge in [0.05, 0.1) is 28.6 Å². The van der Waals surface area contributed by atoms with Gasteiger partial charge in [0, 0.05) is 6.07 Å². The van der Waals surface area contributed by atoms with Gasteiger partial charge in [-0.1, -0.05) is 13.3 Å². The molecule has 0 saturated heterocycles. The highest BCUT2D eigenvalue weighted by molar-refractivity contribution is 5.81. The van der Waals surface area contributed by atoms with Gasteiger partial charge in [-0.15, -0.1) is 0 Å². The molecule has 0 radical (unpaired) electrons. The maximum absolute atomic E-state index is 11.8. The Hall–Kier alpha value is -2.37. The molecule has 2 aromatic rings. The number of H-pyrrole nitrogens is 1. The average Bonchev–Trinajstić information content (AvgIpc) is 2.39. The topological polar surface area (TPSA) is 85.2 Å². The second kappa shape index (κ2) is 5.51. The molecule has 2 rings (SSSR count). The molecule has 0 aliphatic carbocycles. The second-order valence-corrected chi connectivity index (χ2v) is 4.17. The third-order valence-electron chi connectivity index (χ3n) is 2.80. The van der Waals surface area contributed by atoms with Crippen LogP contribution in [0.25, 0.3) is 10.9 Å². The van der Waals surface area contributed by atoms with E-state index in [0.29, 0.717) is 17.9 Å². The lowest BCUT2D eigenvalue weighted by molar-refractivity contribution is -0.386. The van der Waals surface area contributed by atoms with E-state index in [1.807, 2.05) is 0 Å². The van der Waals surface area contributed by atoms with Crippen LogP contribution in [0.2, 0.25) is 0 Å². The Bertz CT molecular complexity index is 663. The van der Waals surface area contributed by atoms with Crippen molar-refractivity contribution < 1.29 is 9.66 Å². The standard InChI is InChI=1S/C13H14N2O4/c1-2-3-6-19-9-4-5-10-11(7-9)14-8-12(13(10)16)15(17)18/h4-5,7-8H,2-3,6H2,1H3,(H,14,16). The molecule has 0 atom stereocenters. The SMILES string of the molecule is CCCCOc1ccc2c(=O)c([N+](=O)[O-])c[nH]c2c1. The number of ether oxygens (including phenoxy) is 1. The quantitative estimate of drug-likeness (QED) is 0.510. The van der Waals surface area contributed by atoms with Crippen molar-refractivity contribution in [3.63, 3.8) is 0 Å². The van der Waals surface area contributed by atoms with Crippen molar-refractivity contribution in [2.45, 2.75) is 19.8 Å². The van der Waals surface area contributed by atoms with Crippen molar-refractivity contribution in [2.75, 3.05) is 6.61 Å². The smallest absolute Gasteiger partial charge is 0.332 e. The summed E-state index contributed by atoms with van der Waals surface area (Å²) in [4.78, 5) is 24.6. The van der Waals surface area contributed by atoms with Gasteiger partial charge in [-0.05, 0) is 18.6 Å². The molecule has 0 spiro atoms. The molecule has 0 bridgehead atoms. The minimum absolute atomic E-state index is 0.289. The normalized spacial score (nSPS) is 10.6. The molecule has 0 fully saturated rings. The van der Waals surface area contributed by atoms with Gasteiger partial charge in [-0.3, -0.25) is 14.9 Å². The van der Waals surface area contributed by atoms with E-state index in [1.54, 1.807) is 18.2 Å². The summed E-state index contributed by atoms with van der Waals surface area (Å²) < 4.78 is 5.52. The molecule has 1 heterocycles. The van der Waals surface area contributed by atoms with Crippen molar-refractivity contribution in [1.82, 2.24) is 4.98 Å². The monoisotopic (exact) mass is 262 g/mol. The molecule has 0 aliphatic rings. The molecule has 1 aromatic carbocycles. The maximum Gasteiger partial charge on any atom is 0.332 e. The third-order valence-corrected chi connectivity index (χ3v) is 2.80. The van der Waals surface area contributed by atoms with Crippen LogP contribution in [0.4, 0.5) is 5.69 Å². The average molecular weight is 262 g/mol. The first-order valence-corrected chi connectivity index (χ1v) is 6.06. The van der Waals surface area contributed by atoms with Gasteiger partial charge >= 0.3 is 5.69 Å². The predicted molar refractivity (Wildman–Crippen MR) is 71.6 cm³/mol. The number of hydrogen-bond donors (Lipinski definition) is 1. The fourth-order valence-electron chi connectivity index (χ4n) is 1.75. The molecule has 1 aromatic heterocycles. The first-order chi connectivity index (χ1) is 9.13. The molecular formula is C13H14N2O4. The number of hydrogen-bond acceptors (Lipinski definition) is 4. The minimum Gasteiger partial charge on any atom is -0.494 e. The van der Waals surface area contributed by atoms with E-state index in [-0.39, 0.29) is 5.39 Å². The number of nitrogens with zero attached hydrogens (tertiary/aromatic N) is 1. The summed E-state index contributed by atoms with van der Waals surface area (Å²) in [6, 6.07) is 4.87. The predicted octanol–water partition coefficient (Wildman–Crippen LogP) is 2.62. The summed E-state index contributed by atoms with van der Waals surface area (Å²) in [5.41, 5.74) is -0.504. The fraction of sp³-hybridized carbons (Fsp3) is 0.308. The van der Waals surface area contributed by atoms with Crippen molar-refractivity contribution in [3.8, 4) is 5.75 Å². The third kappa shape index (κ3) is 2.73. The zero-order valence-corrected chi connectivity index (χ0v) is 10.5. The molecule has 6 heteroatoms. The van der Waals surface area contributed by atoms with Crippen LogP contribution in [-0.4, -0.2) is 16.5 Å². The molecule has 0 unspecified atom stereocenters. The molecule has 6 nitrogen and oxygen atoms in total.